The molecular weight excluding hydrogens is 592 g/mol. The topological polar surface area (TPSA) is 12.9 Å². The van der Waals surface area contributed by atoms with Gasteiger partial charge in [-0.25, -0.2) is 4.39 Å². The van der Waals surface area contributed by atoms with E-state index in [1.807, 2.05) is 0 Å². The van der Waals surface area contributed by atoms with Crippen molar-refractivity contribution in [3.05, 3.63) is 68.3 Å². The molecule has 0 saturated heterocycles. The van der Waals surface area contributed by atoms with Crippen LogP contribution in [0.5, 0.6) is 0 Å². The lowest BCUT2D eigenvalue weighted by molar-refractivity contribution is 0.630. The summed E-state index contributed by atoms with van der Waals surface area (Å²) in [6.07, 6.45) is 1.15. The number of nitrogens with zero attached hydrogens (tertiary/aromatic N) is 1. The zero-order chi connectivity index (χ0) is 21.8. The second-order valence-electron chi connectivity index (χ2n) is 5.44. The first-order chi connectivity index (χ1) is 13.5. The van der Waals surface area contributed by atoms with Crippen molar-refractivity contribution in [2.75, 3.05) is 0 Å². The lowest BCUT2D eigenvalue weighted by Gasteiger charge is -2.15. The summed E-state index contributed by atoms with van der Waals surface area (Å²) in [4.78, 5) is 4.18. The van der Waals surface area contributed by atoms with Crippen molar-refractivity contribution in [3.8, 4) is 22.4 Å². The molecule has 0 fully saturated rings. The van der Waals surface area contributed by atoms with Crippen LogP contribution in [0.15, 0.2) is 12.3 Å². The number of pyridine rings is 1. The number of aromatic nitrogens is 1. The molecule has 1 nitrogen and oxygen atoms in total. The van der Waals surface area contributed by atoms with Crippen LogP contribution in [-0.4, -0.2) is 4.98 Å². The van der Waals surface area contributed by atoms with Crippen LogP contribution >= 0.6 is 116 Å². The van der Waals surface area contributed by atoms with Gasteiger partial charge in [-0.15, -0.1) is 0 Å². The van der Waals surface area contributed by atoms with Crippen molar-refractivity contribution in [1.82, 2.24) is 4.98 Å². The first-order valence-electron chi connectivity index (χ1n) is 7.18. The maximum absolute atomic E-state index is 15.0. The van der Waals surface area contributed by atoms with Crippen LogP contribution in [0.1, 0.15) is 0 Å². The molecule has 0 bridgehead atoms. The predicted molar refractivity (Wildman–Crippen MR) is 125 cm³/mol. The fourth-order valence-electron chi connectivity index (χ4n) is 2.42. The summed E-state index contributed by atoms with van der Waals surface area (Å²) in [7, 11) is 0. The van der Waals surface area contributed by atoms with Crippen LogP contribution in [0.3, 0.4) is 0 Å². The predicted octanol–water partition coefficient (Wildman–Crippen LogP) is 11.1. The molecule has 0 amide bonds. The molecule has 0 N–H and O–H groups in total. The molecule has 152 valence electrons. The van der Waals surface area contributed by atoms with Crippen molar-refractivity contribution in [2.24, 2.45) is 0 Å². The van der Waals surface area contributed by atoms with Crippen molar-refractivity contribution in [2.45, 2.75) is 0 Å². The normalized spacial score (nSPS) is 11.3. The Balaban J connectivity index is 2.26. The smallest absolute Gasteiger partial charge is 0.134 e. The molecule has 3 aromatic rings. The second kappa shape index (κ2) is 9.11. The highest BCUT2D eigenvalue weighted by atomic mass is 35.5. The van der Waals surface area contributed by atoms with E-state index >= 15 is 4.39 Å². The van der Waals surface area contributed by atoms with E-state index in [0.717, 1.165) is 12.3 Å². The monoisotopic (exact) mass is 589 g/mol. The summed E-state index contributed by atoms with van der Waals surface area (Å²) in [5, 5.41) is -0.612. The first-order valence-corrected chi connectivity index (χ1v) is 11.0. The largest absolute Gasteiger partial charge is 0.255 e. The van der Waals surface area contributed by atoms with Gasteiger partial charge in [0.2, 0.25) is 0 Å². The van der Waals surface area contributed by atoms with Gasteiger partial charge in [-0.05, 0) is 0 Å². The number of rotatable bonds is 2. The Morgan fingerprint density at radius 1 is 0.517 bits per heavy atom. The zero-order valence-electron chi connectivity index (χ0n) is 13.3. The van der Waals surface area contributed by atoms with Crippen LogP contribution in [0.25, 0.3) is 22.4 Å². The molecule has 0 atom stereocenters. The van der Waals surface area contributed by atoms with Gasteiger partial charge in [-0.2, -0.15) is 0 Å². The number of benzene rings is 2. The molecule has 0 aliphatic heterocycles. The highest BCUT2D eigenvalue weighted by molar-refractivity contribution is 6.57. The first kappa shape index (κ1) is 24.1. The van der Waals surface area contributed by atoms with E-state index in [2.05, 4.69) is 4.98 Å². The molecule has 0 unspecified atom stereocenters. The van der Waals surface area contributed by atoms with Gasteiger partial charge in [0.15, 0.2) is 0 Å². The summed E-state index contributed by atoms with van der Waals surface area (Å²) in [6, 6.07) is 1.05. The molecule has 12 heteroatoms. The van der Waals surface area contributed by atoms with E-state index in [0.29, 0.717) is 0 Å². The van der Waals surface area contributed by atoms with Crippen LogP contribution in [0.4, 0.5) is 4.39 Å². The Labute approximate surface area is 214 Å². The SMILES string of the molecule is Fc1cc(-c2c(Cl)c(Cl)c(Cl)c(Cl)c2Cl)ncc1-c1c(Cl)c(Cl)c(Cl)c(Cl)c1Cl. The van der Waals surface area contributed by atoms with Gasteiger partial charge in [0.05, 0.1) is 55.9 Å². The molecule has 2 aromatic carbocycles. The summed E-state index contributed by atoms with van der Waals surface area (Å²) >= 11 is 61.0. The molecule has 0 aliphatic carbocycles. The quantitative estimate of drug-likeness (QED) is 0.213. The van der Waals surface area contributed by atoms with E-state index in [1.165, 1.54) is 0 Å². The fourth-order valence-corrected chi connectivity index (χ4v) is 5.10. The minimum Gasteiger partial charge on any atom is -0.255 e. The number of halogens is 11. The summed E-state index contributed by atoms with van der Waals surface area (Å²) < 4.78 is 15.0. The molecule has 0 saturated carbocycles. The molecule has 29 heavy (non-hydrogen) atoms. The highest BCUT2D eigenvalue weighted by Crippen LogP contribution is 2.50. The van der Waals surface area contributed by atoms with Crippen LogP contribution < -0.4 is 0 Å². The number of hydrogen-bond acceptors (Lipinski definition) is 1. The van der Waals surface area contributed by atoms with Crippen molar-refractivity contribution < 1.29 is 4.39 Å². The Morgan fingerprint density at radius 3 is 1.24 bits per heavy atom. The van der Waals surface area contributed by atoms with Crippen LogP contribution in [-0.2, 0) is 0 Å². The summed E-state index contributed by atoms with van der Waals surface area (Å²) in [5.41, 5.74) is 0.0823. The minimum absolute atomic E-state index is 0.0219. The van der Waals surface area contributed by atoms with Crippen LogP contribution in [0, 0.1) is 5.82 Å². The molecule has 0 spiro atoms. The molecule has 1 heterocycles. The Hall–Kier alpha value is 0.420. The van der Waals surface area contributed by atoms with Gasteiger partial charge in [-0.1, -0.05) is 116 Å². The molecule has 0 radical (unpaired) electrons. The lowest BCUT2D eigenvalue weighted by Crippen LogP contribution is -1.95. The Kier molecular flexibility index (Phi) is 7.56. The molecule has 3 rings (SSSR count). The van der Waals surface area contributed by atoms with Gasteiger partial charge in [-0.3, -0.25) is 4.98 Å². The van der Waals surface area contributed by atoms with Gasteiger partial charge < -0.3 is 0 Å². The van der Waals surface area contributed by atoms with Crippen LogP contribution in [0.2, 0.25) is 50.2 Å². The zero-order valence-corrected chi connectivity index (χ0v) is 20.8. The summed E-state index contributed by atoms with van der Waals surface area (Å²) in [5.74, 6) is -0.775. The van der Waals surface area contributed by atoms with E-state index in [-0.39, 0.29) is 72.6 Å². The van der Waals surface area contributed by atoms with E-state index < -0.39 is 5.82 Å². The van der Waals surface area contributed by atoms with Gasteiger partial charge >= 0.3 is 0 Å². The molecule has 0 aliphatic rings. The minimum atomic E-state index is -0.775. The van der Waals surface area contributed by atoms with Gasteiger partial charge in [0, 0.05) is 29.0 Å². The molecular formula is C17H2Cl10FN. The summed E-state index contributed by atoms with van der Waals surface area (Å²) in [6.45, 7) is 0. The van der Waals surface area contributed by atoms with E-state index in [1.54, 1.807) is 0 Å². The maximum Gasteiger partial charge on any atom is 0.134 e. The third kappa shape index (κ3) is 4.12. The fraction of sp³-hybridized carbons (Fsp3) is 0. The average molecular weight is 594 g/mol. The Bertz CT molecular complexity index is 1120. The third-order valence-corrected chi connectivity index (χ3v) is 8.35. The maximum atomic E-state index is 15.0. The van der Waals surface area contributed by atoms with Crippen molar-refractivity contribution in [1.29, 1.82) is 0 Å². The number of hydrogen-bond donors (Lipinski definition) is 0. The van der Waals surface area contributed by atoms with Gasteiger partial charge in [0.1, 0.15) is 5.82 Å². The van der Waals surface area contributed by atoms with Crippen molar-refractivity contribution in [3.63, 3.8) is 0 Å². The molecule has 1 aromatic heterocycles. The second-order valence-corrected chi connectivity index (χ2v) is 9.22. The third-order valence-electron chi connectivity index (χ3n) is 3.80. The Morgan fingerprint density at radius 2 is 0.862 bits per heavy atom. The van der Waals surface area contributed by atoms with Crippen molar-refractivity contribution >= 4 is 116 Å². The van der Waals surface area contributed by atoms with E-state index in [9.17, 15) is 0 Å². The van der Waals surface area contributed by atoms with Gasteiger partial charge in [0.25, 0.3) is 0 Å². The average Bonchev–Trinajstić information content (AvgIpc) is 2.69. The standard InChI is InChI=1S/C17H2Cl10FN/c18-8-6(9(19)13(23)16(26)12(8)22)3-2-29-5(1-4(3)28)7-10(20)14(24)17(27)15(25)11(7)21/h1-2H. The highest BCUT2D eigenvalue weighted by Gasteiger charge is 2.25. The lowest BCUT2D eigenvalue weighted by atomic mass is 10.0. The van der Waals surface area contributed by atoms with E-state index in [4.69, 9.17) is 116 Å².